The molecule has 1 rings (SSSR count). The second-order valence-corrected chi connectivity index (χ2v) is 3.47. The molecule has 0 aromatic heterocycles. The molecule has 1 unspecified atom stereocenters. The number of hydrogen-bond acceptors (Lipinski definition) is 3. The minimum atomic E-state index is 0.0414. The van der Waals surface area contributed by atoms with Gasteiger partial charge in [-0.2, -0.15) is 5.26 Å². The zero-order chi connectivity index (χ0) is 11.1. The Bertz CT molecular complexity index is 344. The first-order valence-corrected chi connectivity index (χ1v) is 5.00. The van der Waals surface area contributed by atoms with Gasteiger partial charge in [0.2, 0.25) is 0 Å². The van der Waals surface area contributed by atoms with Crippen LogP contribution in [-0.2, 0) is 6.54 Å². The predicted molar refractivity (Wildman–Crippen MR) is 59.5 cm³/mol. The third kappa shape index (κ3) is 3.61. The number of nitriles is 1. The summed E-state index contributed by atoms with van der Waals surface area (Å²) in [7, 11) is 1.66. The Morgan fingerprint density at radius 2 is 2.20 bits per heavy atom. The third-order valence-electron chi connectivity index (χ3n) is 2.18. The lowest BCUT2D eigenvalue weighted by atomic mass is 10.2. The lowest BCUT2D eigenvalue weighted by molar-refractivity contribution is 0.407. The molecule has 80 valence electrons. The van der Waals surface area contributed by atoms with Gasteiger partial charge in [0.1, 0.15) is 5.75 Å². The van der Waals surface area contributed by atoms with Gasteiger partial charge in [-0.15, -0.1) is 0 Å². The summed E-state index contributed by atoms with van der Waals surface area (Å²) >= 11 is 0. The summed E-state index contributed by atoms with van der Waals surface area (Å²) in [5, 5.41) is 11.8. The van der Waals surface area contributed by atoms with E-state index in [1.165, 1.54) is 0 Å². The van der Waals surface area contributed by atoms with Gasteiger partial charge in [0.05, 0.1) is 19.1 Å². The van der Waals surface area contributed by atoms with Crippen molar-refractivity contribution in [2.45, 2.75) is 13.5 Å². The molecule has 15 heavy (non-hydrogen) atoms. The maximum Gasteiger partial charge on any atom is 0.123 e. The number of para-hydroxylation sites is 1. The predicted octanol–water partition coefficient (Wildman–Crippen LogP) is 1.94. The molecule has 0 fully saturated rings. The van der Waals surface area contributed by atoms with E-state index in [1.54, 1.807) is 7.11 Å². The van der Waals surface area contributed by atoms with Crippen molar-refractivity contribution in [2.75, 3.05) is 13.7 Å². The van der Waals surface area contributed by atoms with Gasteiger partial charge in [-0.3, -0.25) is 0 Å². The minimum Gasteiger partial charge on any atom is -0.496 e. The molecule has 0 bridgehead atoms. The molecule has 3 nitrogen and oxygen atoms in total. The van der Waals surface area contributed by atoms with Crippen molar-refractivity contribution in [3.05, 3.63) is 29.8 Å². The summed E-state index contributed by atoms with van der Waals surface area (Å²) in [6, 6.07) is 10.1. The summed E-state index contributed by atoms with van der Waals surface area (Å²) in [6.07, 6.45) is 0. The topological polar surface area (TPSA) is 45.0 Å². The number of nitrogens with zero attached hydrogens (tertiary/aromatic N) is 1. The summed E-state index contributed by atoms with van der Waals surface area (Å²) in [6.45, 7) is 3.33. The van der Waals surface area contributed by atoms with E-state index in [0.717, 1.165) is 17.9 Å². The Morgan fingerprint density at radius 1 is 1.47 bits per heavy atom. The van der Waals surface area contributed by atoms with Crippen LogP contribution in [0.1, 0.15) is 12.5 Å². The SMILES string of the molecule is COc1ccccc1CNCC(C)C#N. The van der Waals surface area contributed by atoms with Crippen LogP contribution in [0, 0.1) is 17.2 Å². The van der Waals surface area contributed by atoms with Crippen LogP contribution in [0.2, 0.25) is 0 Å². The fraction of sp³-hybridized carbons (Fsp3) is 0.417. The Balaban J connectivity index is 2.47. The van der Waals surface area contributed by atoms with Crippen molar-refractivity contribution in [2.24, 2.45) is 5.92 Å². The first-order valence-electron chi connectivity index (χ1n) is 5.00. The first-order chi connectivity index (χ1) is 7.27. The highest BCUT2D eigenvalue weighted by Gasteiger charge is 2.02. The van der Waals surface area contributed by atoms with E-state index < -0.39 is 0 Å². The number of methoxy groups -OCH3 is 1. The highest BCUT2D eigenvalue weighted by molar-refractivity contribution is 5.32. The lowest BCUT2D eigenvalue weighted by Crippen LogP contribution is -2.20. The largest absolute Gasteiger partial charge is 0.496 e. The van der Waals surface area contributed by atoms with Gasteiger partial charge >= 0.3 is 0 Å². The Hall–Kier alpha value is -1.53. The summed E-state index contributed by atoms with van der Waals surface area (Å²) in [4.78, 5) is 0. The second-order valence-electron chi connectivity index (χ2n) is 3.47. The normalized spacial score (nSPS) is 11.8. The van der Waals surface area contributed by atoms with Crippen LogP contribution in [0.4, 0.5) is 0 Å². The van der Waals surface area contributed by atoms with Crippen LogP contribution in [0.25, 0.3) is 0 Å². The molecule has 1 aromatic rings. The molecule has 0 aliphatic rings. The molecule has 1 atom stereocenters. The van der Waals surface area contributed by atoms with E-state index >= 15 is 0 Å². The van der Waals surface area contributed by atoms with Gasteiger partial charge in [-0.05, 0) is 13.0 Å². The van der Waals surface area contributed by atoms with Crippen LogP contribution < -0.4 is 10.1 Å². The zero-order valence-corrected chi connectivity index (χ0v) is 9.16. The number of benzene rings is 1. The van der Waals surface area contributed by atoms with Crippen LogP contribution in [0.3, 0.4) is 0 Å². The highest BCUT2D eigenvalue weighted by atomic mass is 16.5. The maximum atomic E-state index is 8.62. The summed E-state index contributed by atoms with van der Waals surface area (Å²) in [5.41, 5.74) is 1.12. The van der Waals surface area contributed by atoms with Gasteiger partial charge in [-0.25, -0.2) is 0 Å². The van der Waals surface area contributed by atoms with Crippen molar-refractivity contribution in [1.29, 1.82) is 5.26 Å². The van der Waals surface area contributed by atoms with Crippen molar-refractivity contribution >= 4 is 0 Å². The van der Waals surface area contributed by atoms with Crippen LogP contribution in [0.5, 0.6) is 5.75 Å². The van der Waals surface area contributed by atoms with Gasteiger partial charge in [-0.1, -0.05) is 18.2 Å². The maximum absolute atomic E-state index is 8.62. The van der Waals surface area contributed by atoms with E-state index in [4.69, 9.17) is 10.00 Å². The average molecular weight is 204 g/mol. The molecule has 1 N–H and O–H groups in total. The van der Waals surface area contributed by atoms with E-state index in [1.807, 2.05) is 31.2 Å². The highest BCUT2D eigenvalue weighted by Crippen LogP contribution is 2.16. The fourth-order valence-corrected chi connectivity index (χ4v) is 1.32. The quantitative estimate of drug-likeness (QED) is 0.797. The number of ether oxygens (including phenoxy) is 1. The first kappa shape index (κ1) is 11.5. The number of hydrogen-bond donors (Lipinski definition) is 1. The molecule has 0 heterocycles. The monoisotopic (exact) mass is 204 g/mol. The average Bonchev–Trinajstić information content (AvgIpc) is 2.29. The lowest BCUT2D eigenvalue weighted by Gasteiger charge is -2.09. The Labute approximate surface area is 90.7 Å². The smallest absolute Gasteiger partial charge is 0.123 e. The fourth-order valence-electron chi connectivity index (χ4n) is 1.32. The van der Waals surface area contributed by atoms with Gasteiger partial charge < -0.3 is 10.1 Å². The van der Waals surface area contributed by atoms with Crippen LogP contribution >= 0.6 is 0 Å². The molecule has 0 aliphatic heterocycles. The van der Waals surface area contributed by atoms with Crippen LogP contribution in [-0.4, -0.2) is 13.7 Å². The minimum absolute atomic E-state index is 0.0414. The van der Waals surface area contributed by atoms with E-state index in [0.29, 0.717) is 6.54 Å². The standard InChI is InChI=1S/C12H16N2O/c1-10(7-13)8-14-9-11-5-3-4-6-12(11)15-2/h3-6,10,14H,8-9H2,1-2H3. The molecule has 3 heteroatoms. The molecular formula is C12H16N2O. The molecule has 0 amide bonds. The summed E-state index contributed by atoms with van der Waals surface area (Å²) < 4.78 is 5.22. The molecule has 0 aliphatic carbocycles. The van der Waals surface area contributed by atoms with E-state index in [2.05, 4.69) is 11.4 Å². The second kappa shape index (κ2) is 6.05. The third-order valence-corrected chi connectivity index (χ3v) is 2.18. The molecule has 0 saturated carbocycles. The number of nitrogens with one attached hydrogen (secondary N) is 1. The molecular weight excluding hydrogens is 188 g/mol. The van der Waals surface area contributed by atoms with Gasteiger partial charge in [0, 0.05) is 18.7 Å². The summed E-state index contributed by atoms with van der Waals surface area (Å²) in [5.74, 6) is 0.925. The molecule has 1 aromatic carbocycles. The number of rotatable bonds is 5. The molecule has 0 spiro atoms. The van der Waals surface area contributed by atoms with Gasteiger partial charge in [0.25, 0.3) is 0 Å². The van der Waals surface area contributed by atoms with E-state index in [-0.39, 0.29) is 5.92 Å². The Kier molecular flexibility index (Phi) is 4.65. The van der Waals surface area contributed by atoms with Crippen LogP contribution in [0.15, 0.2) is 24.3 Å². The van der Waals surface area contributed by atoms with Crippen molar-refractivity contribution in [3.8, 4) is 11.8 Å². The van der Waals surface area contributed by atoms with Crippen molar-refractivity contribution < 1.29 is 4.74 Å². The van der Waals surface area contributed by atoms with Crippen molar-refractivity contribution in [1.82, 2.24) is 5.32 Å². The molecule has 0 saturated heterocycles. The van der Waals surface area contributed by atoms with Crippen molar-refractivity contribution in [3.63, 3.8) is 0 Å². The van der Waals surface area contributed by atoms with Gasteiger partial charge in [0.15, 0.2) is 0 Å². The Morgan fingerprint density at radius 3 is 2.87 bits per heavy atom. The van der Waals surface area contributed by atoms with E-state index in [9.17, 15) is 0 Å². The molecule has 0 radical (unpaired) electrons. The zero-order valence-electron chi connectivity index (χ0n) is 9.16.